The highest BCUT2D eigenvalue weighted by Gasteiger charge is 2.14. The second kappa shape index (κ2) is 7.40. The Morgan fingerprint density at radius 2 is 1.79 bits per heavy atom. The predicted molar refractivity (Wildman–Crippen MR) is 106 cm³/mol. The molecule has 0 spiro atoms. The maximum atomic E-state index is 6.31. The smallest absolute Gasteiger partial charge is 0.0601 e. The summed E-state index contributed by atoms with van der Waals surface area (Å²) in [6.07, 6.45) is 0.934. The fourth-order valence-corrected chi connectivity index (χ4v) is 4.43. The van der Waals surface area contributed by atoms with Crippen LogP contribution in [-0.2, 0) is 6.42 Å². The first-order chi connectivity index (χ1) is 11.5. The lowest BCUT2D eigenvalue weighted by Crippen LogP contribution is -2.22. The van der Waals surface area contributed by atoms with Gasteiger partial charge in [-0.05, 0) is 68.5 Å². The van der Waals surface area contributed by atoms with E-state index < -0.39 is 0 Å². The summed E-state index contributed by atoms with van der Waals surface area (Å²) in [6.45, 7) is 6.29. The molecule has 0 bridgehead atoms. The summed E-state index contributed by atoms with van der Waals surface area (Å²) < 4.78 is 3.46. The number of fused-ring (bicyclic) bond motifs is 1. The van der Waals surface area contributed by atoms with Crippen LogP contribution in [0, 0.1) is 13.8 Å². The summed E-state index contributed by atoms with van der Waals surface area (Å²) in [7, 11) is 0. The van der Waals surface area contributed by atoms with E-state index in [1.807, 2.05) is 19.1 Å². The molecule has 2 N–H and O–H groups in total. The first-order valence-electron chi connectivity index (χ1n) is 7.90. The molecule has 1 aromatic heterocycles. The van der Waals surface area contributed by atoms with E-state index in [0.717, 1.165) is 16.9 Å². The van der Waals surface area contributed by atoms with E-state index in [0.29, 0.717) is 10.0 Å². The number of para-hydroxylation sites is 1. The van der Waals surface area contributed by atoms with Gasteiger partial charge >= 0.3 is 0 Å². The Labute approximate surface area is 157 Å². The van der Waals surface area contributed by atoms with Crippen molar-refractivity contribution in [1.29, 1.82) is 0 Å². The topological polar surface area (TPSA) is 27.8 Å². The lowest BCUT2D eigenvalue weighted by Gasteiger charge is -2.15. The number of aryl methyl sites for hydroxylation is 2. The largest absolute Gasteiger partial charge is 0.358 e. The summed E-state index contributed by atoms with van der Waals surface area (Å²) in [5.74, 6) is 0. The van der Waals surface area contributed by atoms with Crippen molar-refractivity contribution in [3.8, 4) is 0 Å². The summed E-state index contributed by atoms with van der Waals surface area (Å²) in [4.78, 5) is 4.33. The zero-order chi connectivity index (χ0) is 17.3. The molecule has 0 amide bonds. The third kappa shape index (κ3) is 3.75. The maximum absolute atomic E-state index is 6.31. The Hall–Kier alpha value is -1.13. The number of hydrogen-bond donors (Lipinski definition) is 2. The van der Waals surface area contributed by atoms with E-state index in [9.17, 15) is 0 Å². The van der Waals surface area contributed by atoms with E-state index in [4.69, 9.17) is 23.2 Å². The molecule has 1 unspecified atom stereocenters. The van der Waals surface area contributed by atoms with Gasteiger partial charge in [0.25, 0.3) is 0 Å². The molecule has 3 rings (SSSR count). The van der Waals surface area contributed by atoms with Gasteiger partial charge in [-0.25, -0.2) is 0 Å². The molecule has 126 valence electrons. The average Bonchev–Trinajstić information content (AvgIpc) is 2.82. The van der Waals surface area contributed by atoms with Crippen molar-refractivity contribution < 1.29 is 0 Å². The van der Waals surface area contributed by atoms with E-state index in [-0.39, 0.29) is 6.04 Å². The number of aromatic amines is 1. The van der Waals surface area contributed by atoms with Gasteiger partial charge in [0.2, 0.25) is 0 Å². The van der Waals surface area contributed by atoms with Crippen molar-refractivity contribution in [3.63, 3.8) is 0 Å². The number of aromatic nitrogens is 1. The Kier molecular flexibility index (Phi) is 5.46. The third-order valence-corrected chi connectivity index (χ3v) is 6.03. The summed E-state index contributed by atoms with van der Waals surface area (Å²) >= 11 is 14.1. The van der Waals surface area contributed by atoms with Gasteiger partial charge in [0.1, 0.15) is 0 Å². The molecule has 0 saturated carbocycles. The lowest BCUT2D eigenvalue weighted by molar-refractivity contribution is 0.689. The number of halogens is 2. The molecule has 2 aromatic carbocycles. The molecule has 2 nitrogen and oxygen atoms in total. The molecular weight excluding hydrogens is 359 g/mol. The van der Waals surface area contributed by atoms with Crippen molar-refractivity contribution in [2.24, 2.45) is 0 Å². The van der Waals surface area contributed by atoms with Crippen LogP contribution in [0.2, 0.25) is 10.0 Å². The van der Waals surface area contributed by atoms with Gasteiger partial charge in [-0.1, -0.05) is 41.4 Å². The fraction of sp³-hybridized carbons (Fsp3) is 0.263. The molecule has 3 aromatic rings. The second-order valence-electron chi connectivity index (χ2n) is 6.16. The normalized spacial score (nSPS) is 12.7. The van der Waals surface area contributed by atoms with Crippen LogP contribution in [0.25, 0.3) is 10.9 Å². The predicted octanol–water partition coefficient (Wildman–Crippen LogP) is 6.32. The number of benzene rings is 2. The van der Waals surface area contributed by atoms with Crippen LogP contribution in [0.1, 0.15) is 23.7 Å². The maximum Gasteiger partial charge on any atom is 0.0601 e. The van der Waals surface area contributed by atoms with Gasteiger partial charge in [0.05, 0.1) is 14.9 Å². The number of nitrogens with one attached hydrogen (secondary N) is 2. The van der Waals surface area contributed by atoms with Gasteiger partial charge in [-0.3, -0.25) is 4.72 Å². The monoisotopic (exact) mass is 378 g/mol. The molecule has 0 fully saturated rings. The molecule has 1 atom stereocenters. The summed E-state index contributed by atoms with van der Waals surface area (Å²) in [5.41, 5.74) is 4.83. The first-order valence-corrected chi connectivity index (χ1v) is 9.47. The second-order valence-corrected chi connectivity index (χ2v) is 7.82. The van der Waals surface area contributed by atoms with E-state index in [1.165, 1.54) is 34.1 Å². The molecule has 5 heteroatoms. The minimum absolute atomic E-state index is 0.279. The quantitative estimate of drug-likeness (QED) is 0.508. The van der Waals surface area contributed by atoms with Crippen LogP contribution in [0.3, 0.4) is 0 Å². The summed E-state index contributed by atoms with van der Waals surface area (Å²) in [6, 6.07) is 12.6. The molecule has 0 aliphatic heterocycles. The van der Waals surface area contributed by atoms with E-state index >= 15 is 0 Å². The molecule has 0 saturated heterocycles. The molecule has 0 aliphatic rings. The SMILES string of the molecule is Cc1cc(Cl)c(SNC(C)Cc2c(C)[nH]c3ccccc23)c(Cl)c1. The zero-order valence-corrected chi connectivity index (χ0v) is 16.2. The Morgan fingerprint density at radius 3 is 2.50 bits per heavy atom. The van der Waals surface area contributed by atoms with Crippen molar-refractivity contribution >= 4 is 46.1 Å². The number of hydrogen-bond acceptors (Lipinski definition) is 2. The van der Waals surface area contributed by atoms with Crippen LogP contribution in [0.4, 0.5) is 0 Å². The standard InChI is InChI=1S/C19H20Cl2N2S/c1-11-8-16(20)19(17(21)9-11)24-23-12(2)10-15-13(3)22-18-7-5-4-6-14(15)18/h4-9,12,22-23H,10H2,1-3H3. The van der Waals surface area contributed by atoms with Gasteiger partial charge in [0.15, 0.2) is 0 Å². The number of rotatable bonds is 5. The highest BCUT2D eigenvalue weighted by molar-refractivity contribution is 7.97. The Morgan fingerprint density at radius 1 is 1.12 bits per heavy atom. The Balaban J connectivity index is 1.72. The minimum atomic E-state index is 0.279. The van der Waals surface area contributed by atoms with Crippen LogP contribution < -0.4 is 4.72 Å². The van der Waals surface area contributed by atoms with E-state index in [1.54, 1.807) is 0 Å². The first kappa shape index (κ1) is 17.7. The van der Waals surface area contributed by atoms with Crippen molar-refractivity contribution in [3.05, 3.63) is 63.3 Å². The van der Waals surface area contributed by atoms with Crippen LogP contribution in [0.5, 0.6) is 0 Å². The van der Waals surface area contributed by atoms with Gasteiger partial charge in [0, 0.05) is 22.6 Å². The third-order valence-electron chi connectivity index (χ3n) is 4.04. The zero-order valence-electron chi connectivity index (χ0n) is 13.9. The molecule has 0 radical (unpaired) electrons. The van der Waals surface area contributed by atoms with Crippen LogP contribution >= 0.6 is 35.1 Å². The van der Waals surface area contributed by atoms with Crippen molar-refractivity contribution in [2.75, 3.05) is 0 Å². The molecule has 24 heavy (non-hydrogen) atoms. The lowest BCUT2D eigenvalue weighted by atomic mass is 10.0. The number of H-pyrrole nitrogens is 1. The highest BCUT2D eigenvalue weighted by atomic mass is 35.5. The van der Waals surface area contributed by atoms with Gasteiger partial charge in [-0.15, -0.1) is 0 Å². The van der Waals surface area contributed by atoms with Crippen molar-refractivity contribution in [1.82, 2.24) is 9.71 Å². The highest BCUT2D eigenvalue weighted by Crippen LogP contribution is 2.34. The minimum Gasteiger partial charge on any atom is -0.358 e. The van der Waals surface area contributed by atoms with Crippen molar-refractivity contribution in [2.45, 2.75) is 38.1 Å². The molecule has 1 heterocycles. The fourth-order valence-electron chi connectivity index (χ4n) is 2.89. The molecule has 0 aliphatic carbocycles. The Bertz CT molecular complexity index is 850. The van der Waals surface area contributed by atoms with E-state index in [2.05, 4.69) is 47.8 Å². The average molecular weight is 379 g/mol. The summed E-state index contributed by atoms with van der Waals surface area (Å²) in [5, 5.41) is 2.67. The van der Waals surface area contributed by atoms with Gasteiger partial charge in [-0.2, -0.15) is 0 Å². The van der Waals surface area contributed by atoms with Crippen LogP contribution in [-0.4, -0.2) is 11.0 Å². The van der Waals surface area contributed by atoms with Gasteiger partial charge < -0.3 is 4.98 Å². The van der Waals surface area contributed by atoms with Crippen LogP contribution in [0.15, 0.2) is 41.3 Å². The molecular formula is C19H20Cl2N2S.